The molecule has 4 aromatic rings. The lowest BCUT2D eigenvalue weighted by molar-refractivity contribution is -0.146. The molecule has 0 unspecified atom stereocenters. The van der Waals surface area contributed by atoms with Crippen LogP contribution in [-0.4, -0.2) is 79.9 Å². The van der Waals surface area contributed by atoms with Gasteiger partial charge in [0.2, 0.25) is 0 Å². The molecule has 0 saturated carbocycles. The van der Waals surface area contributed by atoms with Gasteiger partial charge in [-0.3, -0.25) is 14.6 Å². The first-order valence-electron chi connectivity index (χ1n) is 14.6. The fraction of sp³-hybridized carbons (Fsp3) is 0.375. The lowest BCUT2D eigenvalue weighted by Crippen LogP contribution is -2.59. The lowest BCUT2D eigenvalue weighted by Gasteiger charge is -2.48. The number of halogens is 3. The van der Waals surface area contributed by atoms with Gasteiger partial charge in [0, 0.05) is 49.6 Å². The van der Waals surface area contributed by atoms with Gasteiger partial charge in [-0.15, -0.1) is 5.10 Å². The standard InChI is InChI=1S/C32H33F3N6O3/c1-44-28-13-12-25(41-31(32(33,34)35)36-37-38-41)16-24(28)18-39-19-26-23(17-29(42)43)14-15-40(26)27(20-39)30(21-8-4-2-5-9-21)22-10-6-3-7-11-22/h2-13,16,23,26-27,30H,14-15,17-20H2,1H3,(H,42,43)/t23-,26+,27+/m1/s1. The van der Waals surface area contributed by atoms with Gasteiger partial charge in [0.1, 0.15) is 5.75 Å². The quantitative estimate of drug-likeness (QED) is 0.288. The molecule has 0 amide bonds. The number of rotatable bonds is 9. The first-order chi connectivity index (χ1) is 21.2. The predicted octanol–water partition coefficient (Wildman–Crippen LogP) is 4.87. The van der Waals surface area contributed by atoms with Crippen molar-refractivity contribution in [1.29, 1.82) is 0 Å². The summed E-state index contributed by atoms with van der Waals surface area (Å²) in [6.07, 6.45) is -3.85. The normalized spacial score (nSPS) is 21.0. The third kappa shape index (κ3) is 6.04. The van der Waals surface area contributed by atoms with E-state index in [2.05, 4.69) is 49.6 Å². The largest absolute Gasteiger partial charge is 0.496 e. The highest BCUT2D eigenvalue weighted by Crippen LogP contribution is 2.41. The van der Waals surface area contributed by atoms with Crippen molar-refractivity contribution in [2.24, 2.45) is 5.92 Å². The zero-order valence-electron chi connectivity index (χ0n) is 24.1. The highest BCUT2D eigenvalue weighted by Gasteiger charge is 2.46. The van der Waals surface area contributed by atoms with Crippen molar-refractivity contribution < 1.29 is 27.8 Å². The summed E-state index contributed by atoms with van der Waals surface area (Å²) >= 11 is 0. The minimum Gasteiger partial charge on any atom is -0.496 e. The maximum atomic E-state index is 13.6. The number of ether oxygens (including phenoxy) is 1. The number of carbonyl (C=O) groups is 1. The number of carboxylic acid groups (broad SMARTS) is 1. The summed E-state index contributed by atoms with van der Waals surface area (Å²) < 4.78 is 47.1. The Labute approximate surface area is 252 Å². The second-order valence-electron chi connectivity index (χ2n) is 11.4. The van der Waals surface area contributed by atoms with E-state index in [0.29, 0.717) is 35.6 Å². The molecule has 2 saturated heterocycles. The summed E-state index contributed by atoms with van der Waals surface area (Å²) in [4.78, 5) is 16.6. The van der Waals surface area contributed by atoms with E-state index in [1.54, 1.807) is 12.1 Å². The number of methoxy groups -OCH3 is 1. The van der Waals surface area contributed by atoms with Crippen molar-refractivity contribution in [2.45, 2.75) is 43.6 Å². The number of carboxylic acids is 1. The number of hydrogen-bond donors (Lipinski definition) is 1. The van der Waals surface area contributed by atoms with Crippen LogP contribution in [0.25, 0.3) is 5.69 Å². The highest BCUT2D eigenvalue weighted by atomic mass is 19.4. The Morgan fingerprint density at radius 3 is 2.32 bits per heavy atom. The van der Waals surface area contributed by atoms with Crippen molar-refractivity contribution in [3.63, 3.8) is 0 Å². The van der Waals surface area contributed by atoms with Crippen LogP contribution in [0.1, 0.15) is 41.3 Å². The summed E-state index contributed by atoms with van der Waals surface area (Å²) in [5.41, 5.74) is 3.20. The molecule has 6 rings (SSSR count). The van der Waals surface area contributed by atoms with Gasteiger partial charge in [-0.25, -0.2) is 0 Å². The SMILES string of the molecule is COc1ccc(-n2nnnc2C(F)(F)F)cc1CN1C[C@@H](C(c2ccccc2)c2ccccc2)N2CC[C@H](CC(=O)O)[C@@H]2C1. The van der Waals surface area contributed by atoms with Crippen LogP contribution in [0, 0.1) is 5.92 Å². The highest BCUT2D eigenvalue weighted by molar-refractivity contribution is 5.67. The minimum absolute atomic E-state index is 0.00491. The van der Waals surface area contributed by atoms with Gasteiger partial charge >= 0.3 is 12.1 Å². The van der Waals surface area contributed by atoms with Crippen LogP contribution in [-0.2, 0) is 17.5 Å². The van der Waals surface area contributed by atoms with Gasteiger partial charge < -0.3 is 9.84 Å². The van der Waals surface area contributed by atoms with Gasteiger partial charge in [-0.2, -0.15) is 17.9 Å². The first-order valence-corrected chi connectivity index (χ1v) is 14.6. The predicted molar refractivity (Wildman–Crippen MR) is 155 cm³/mol. The molecule has 9 nitrogen and oxygen atoms in total. The molecule has 0 radical (unpaired) electrons. The molecule has 12 heteroatoms. The third-order valence-electron chi connectivity index (χ3n) is 8.81. The zero-order valence-corrected chi connectivity index (χ0v) is 24.1. The van der Waals surface area contributed by atoms with Crippen LogP contribution in [0.3, 0.4) is 0 Å². The zero-order chi connectivity index (χ0) is 30.8. The number of aliphatic carboxylic acids is 1. The second kappa shape index (κ2) is 12.4. The smallest absolute Gasteiger partial charge is 0.453 e. The first kappa shape index (κ1) is 29.8. The van der Waals surface area contributed by atoms with E-state index in [1.807, 2.05) is 36.4 Å². The van der Waals surface area contributed by atoms with Gasteiger partial charge in [0.25, 0.3) is 5.82 Å². The molecule has 3 heterocycles. The Morgan fingerprint density at radius 2 is 1.70 bits per heavy atom. The number of benzene rings is 3. The van der Waals surface area contributed by atoms with Gasteiger partial charge in [0.05, 0.1) is 12.8 Å². The van der Waals surface area contributed by atoms with E-state index in [-0.39, 0.29) is 36.0 Å². The molecular formula is C32H33F3N6O3. The molecule has 44 heavy (non-hydrogen) atoms. The van der Waals surface area contributed by atoms with E-state index in [9.17, 15) is 23.1 Å². The number of aromatic nitrogens is 4. The van der Waals surface area contributed by atoms with E-state index < -0.39 is 18.0 Å². The van der Waals surface area contributed by atoms with Crippen LogP contribution in [0.4, 0.5) is 13.2 Å². The Morgan fingerprint density at radius 1 is 1.02 bits per heavy atom. The summed E-state index contributed by atoms with van der Waals surface area (Å²) in [5.74, 6) is -1.49. The molecule has 3 aromatic carbocycles. The summed E-state index contributed by atoms with van der Waals surface area (Å²) in [6.45, 7) is 2.47. The maximum Gasteiger partial charge on any atom is 0.453 e. The third-order valence-corrected chi connectivity index (χ3v) is 8.81. The number of alkyl halides is 3. The monoisotopic (exact) mass is 606 g/mol. The summed E-state index contributed by atoms with van der Waals surface area (Å²) in [5, 5.41) is 19.8. The van der Waals surface area contributed by atoms with E-state index in [4.69, 9.17) is 4.74 Å². The van der Waals surface area contributed by atoms with E-state index >= 15 is 0 Å². The maximum absolute atomic E-state index is 13.6. The average molecular weight is 607 g/mol. The Balaban J connectivity index is 1.38. The van der Waals surface area contributed by atoms with Gasteiger partial charge in [0.15, 0.2) is 0 Å². The minimum atomic E-state index is -4.72. The van der Waals surface area contributed by atoms with E-state index in [1.165, 1.54) is 24.3 Å². The summed E-state index contributed by atoms with van der Waals surface area (Å²) in [6, 6.07) is 25.4. The number of tetrazole rings is 1. The number of nitrogens with zero attached hydrogens (tertiary/aromatic N) is 6. The Kier molecular flexibility index (Phi) is 8.37. The van der Waals surface area contributed by atoms with Gasteiger partial charge in [-0.05, 0) is 58.6 Å². The fourth-order valence-electron chi connectivity index (χ4n) is 6.96. The molecule has 1 aromatic heterocycles. The van der Waals surface area contributed by atoms with Crippen molar-refractivity contribution in [1.82, 2.24) is 30.0 Å². The number of hydrogen-bond acceptors (Lipinski definition) is 7. The molecule has 230 valence electrons. The Hall–Kier alpha value is -4.29. The number of fused-ring (bicyclic) bond motifs is 1. The molecule has 0 bridgehead atoms. The summed E-state index contributed by atoms with van der Waals surface area (Å²) in [7, 11) is 1.53. The lowest BCUT2D eigenvalue weighted by atomic mass is 9.81. The molecule has 2 fully saturated rings. The van der Waals surface area contributed by atoms with Crippen LogP contribution in [0.15, 0.2) is 78.9 Å². The van der Waals surface area contributed by atoms with Crippen molar-refractivity contribution in [3.05, 3.63) is 101 Å². The number of piperazine rings is 1. The molecular weight excluding hydrogens is 573 g/mol. The van der Waals surface area contributed by atoms with Crippen LogP contribution in [0.2, 0.25) is 0 Å². The molecule has 2 aliphatic rings. The second-order valence-corrected chi connectivity index (χ2v) is 11.4. The molecule has 1 N–H and O–H groups in total. The van der Waals surface area contributed by atoms with Crippen molar-refractivity contribution in [2.75, 3.05) is 26.7 Å². The Bertz CT molecular complexity index is 1540. The van der Waals surface area contributed by atoms with Crippen molar-refractivity contribution >= 4 is 5.97 Å². The average Bonchev–Trinajstić information content (AvgIpc) is 3.67. The van der Waals surface area contributed by atoms with Crippen LogP contribution >= 0.6 is 0 Å². The molecule has 0 spiro atoms. The topological polar surface area (TPSA) is 96.6 Å². The fourth-order valence-corrected chi connectivity index (χ4v) is 6.96. The van der Waals surface area contributed by atoms with E-state index in [0.717, 1.165) is 13.0 Å². The molecule has 3 atom stereocenters. The molecule has 0 aliphatic carbocycles. The van der Waals surface area contributed by atoms with Crippen molar-refractivity contribution in [3.8, 4) is 11.4 Å². The van der Waals surface area contributed by atoms with Gasteiger partial charge in [-0.1, -0.05) is 60.7 Å². The van der Waals surface area contributed by atoms with Crippen LogP contribution in [0.5, 0.6) is 5.75 Å². The molecule has 2 aliphatic heterocycles. The van der Waals surface area contributed by atoms with Crippen LogP contribution < -0.4 is 4.74 Å².